The molecule has 0 saturated heterocycles. The van der Waals surface area contributed by atoms with Crippen molar-refractivity contribution in [3.05, 3.63) is 83.7 Å². The molecule has 23 heavy (non-hydrogen) atoms. The molecule has 5 heteroatoms. The fourth-order valence-corrected chi connectivity index (χ4v) is 1.94. The maximum absolute atomic E-state index is 4.40. The van der Waals surface area contributed by atoms with E-state index in [-0.39, 0.29) is 17.1 Å². The number of hydrogen-bond donors (Lipinski definition) is 0. The van der Waals surface area contributed by atoms with E-state index in [1.165, 1.54) is 0 Å². The number of rotatable bonds is 0. The molecule has 0 amide bonds. The third-order valence-corrected chi connectivity index (χ3v) is 2.96. The predicted octanol–water partition coefficient (Wildman–Crippen LogP) is 5.84. The number of nitrogens with zero attached hydrogens (tertiary/aromatic N) is 4. The van der Waals surface area contributed by atoms with Crippen LogP contribution < -0.4 is 0 Å². The average Bonchev–Trinajstić information content (AvgIpc) is 2.56. The number of benzene rings is 2. The van der Waals surface area contributed by atoms with Crippen LogP contribution >= 0.6 is 0 Å². The summed E-state index contributed by atoms with van der Waals surface area (Å²) in [7, 11) is 0. The van der Waals surface area contributed by atoms with Crippen LogP contribution in [0.5, 0.6) is 0 Å². The molecule has 0 spiro atoms. The summed E-state index contributed by atoms with van der Waals surface area (Å²) in [5.41, 5.74) is 3.25. The normalized spacial score (nSPS) is 15.7. The van der Waals surface area contributed by atoms with Crippen LogP contribution in [-0.4, -0.2) is 12.4 Å². The molecule has 0 aliphatic carbocycles. The van der Waals surface area contributed by atoms with Crippen molar-refractivity contribution in [2.75, 3.05) is 0 Å². The van der Waals surface area contributed by atoms with Gasteiger partial charge in [-0.1, -0.05) is 48.6 Å². The SMILES string of the molecule is C1=Nc2ccccc2N=C/C=C\[N-]c2ccccc2[N-]/C=C\1.[Fe+2]. The number of hydrogen-bond acceptors (Lipinski definition) is 2. The van der Waals surface area contributed by atoms with Gasteiger partial charge in [0.25, 0.3) is 0 Å². The Morgan fingerprint density at radius 3 is 1.52 bits per heavy atom. The van der Waals surface area contributed by atoms with E-state index in [0.29, 0.717) is 0 Å². The van der Waals surface area contributed by atoms with Gasteiger partial charge in [0.05, 0.1) is 11.4 Å². The zero-order valence-electron chi connectivity index (χ0n) is 12.2. The fraction of sp³-hybridized carbons (Fsp3) is 0. The van der Waals surface area contributed by atoms with Crippen LogP contribution in [0.2, 0.25) is 0 Å². The van der Waals surface area contributed by atoms with Gasteiger partial charge in [0, 0.05) is 12.4 Å². The van der Waals surface area contributed by atoms with Gasteiger partial charge in [-0.05, 0) is 12.1 Å². The first kappa shape index (κ1) is 16.7. The Morgan fingerprint density at radius 2 is 1.04 bits per heavy atom. The Bertz CT molecular complexity index is 699. The molecular weight excluding hydrogens is 328 g/mol. The van der Waals surface area contributed by atoms with Crippen molar-refractivity contribution in [1.29, 1.82) is 0 Å². The van der Waals surface area contributed by atoms with Crippen molar-refractivity contribution in [3.63, 3.8) is 0 Å². The van der Waals surface area contributed by atoms with Gasteiger partial charge in [-0.15, -0.1) is 0 Å². The summed E-state index contributed by atoms with van der Waals surface area (Å²) in [6, 6.07) is 15.4. The van der Waals surface area contributed by atoms with Crippen molar-refractivity contribution in [2.45, 2.75) is 0 Å². The molecule has 0 fully saturated rings. The van der Waals surface area contributed by atoms with Gasteiger partial charge in [0.15, 0.2) is 0 Å². The summed E-state index contributed by atoms with van der Waals surface area (Å²) in [6.45, 7) is 0. The zero-order valence-corrected chi connectivity index (χ0v) is 13.3. The van der Waals surface area contributed by atoms with Crippen LogP contribution in [0, 0.1) is 0 Å². The summed E-state index contributed by atoms with van der Waals surface area (Å²) in [5, 5.41) is 8.80. The molecule has 114 valence electrons. The Hall–Kier alpha value is -2.62. The second-order valence-electron chi connectivity index (χ2n) is 4.48. The first-order valence-electron chi connectivity index (χ1n) is 6.92. The number of allylic oxidation sites excluding steroid dienone is 2. The number of fused-ring (bicyclic) bond motifs is 2. The molecular formula is C18H14FeN4. The minimum absolute atomic E-state index is 0. The smallest absolute Gasteiger partial charge is 0.665 e. The molecule has 3 rings (SSSR count). The van der Waals surface area contributed by atoms with Crippen LogP contribution in [-0.2, 0) is 17.1 Å². The van der Waals surface area contributed by atoms with Crippen LogP contribution in [0.3, 0.4) is 0 Å². The van der Waals surface area contributed by atoms with E-state index >= 15 is 0 Å². The summed E-state index contributed by atoms with van der Waals surface area (Å²) in [6.07, 6.45) is 10.4. The largest absolute Gasteiger partial charge is 2.00 e. The Kier molecular flexibility index (Phi) is 6.36. The molecule has 0 bridgehead atoms. The van der Waals surface area contributed by atoms with Crippen molar-refractivity contribution >= 4 is 35.2 Å². The maximum Gasteiger partial charge on any atom is 2.00 e. The van der Waals surface area contributed by atoms with Crippen molar-refractivity contribution < 1.29 is 17.1 Å². The van der Waals surface area contributed by atoms with Gasteiger partial charge < -0.3 is 10.6 Å². The van der Waals surface area contributed by atoms with Crippen molar-refractivity contribution in [2.24, 2.45) is 9.98 Å². The quantitative estimate of drug-likeness (QED) is 0.540. The third kappa shape index (κ3) is 4.68. The average molecular weight is 342 g/mol. The molecule has 0 N–H and O–H groups in total. The molecule has 2 aromatic rings. The zero-order chi connectivity index (χ0) is 15.0. The molecule has 0 aromatic heterocycles. The summed E-state index contributed by atoms with van der Waals surface area (Å²) in [4.78, 5) is 8.80. The number of para-hydroxylation sites is 4. The van der Waals surface area contributed by atoms with E-state index in [1.54, 1.807) is 37.0 Å². The maximum atomic E-state index is 4.40. The Morgan fingerprint density at radius 1 is 0.609 bits per heavy atom. The van der Waals surface area contributed by atoms with Crippen LogP contribution in [0.4, 0.5) is 22.7 Å². The molecule has 0 atom stereocenters. The van der Waals surface area contributed by atoms with Crippen LogP contribution in [0.1, 0.15) is 0 Å². The third-order valence-electron chi connectivity index (χ3n) is 2.96. The van der Waals surface area contributed by atoms with Gasteiger partial charge in [0.1, 0.15) is 0 Å². The fourth-order valence-electron chi connectivity index (χ4n) is 1.94. The summed E-state index contributed by atoms with van der Waals surface area (Å²) >= 11 is 0. The molecule has 0 saturated carbocycles. The van der Waals surface area contributed by atoms with Crippen LogP contribution in [0.15, 0.2) is 83.1 Å². The van der Waals surface area contributed by atoms with Gasteiger partial charge >= 0.3 is 17.1 Å². The molecule has 1 aliphatic rings. The van der Waals surface area contributed by atoms with E-state index in [0.717, 1.165) is 22.7 Å². The first-order chi connectivity index (χ1) is 10.9. The number of aliphatic imine (C=N–C) groups is 2. The summed E-state index contributed by atoms with van der Waals surface area (Å²) < 4.78 is 0. The predicted molar refractivity (Wildman–Crippen MR) is 93.5 cm³/mol. The molecule has 2 aromatic carbocycles. The molecule has 4 nitrogen and oxygen atoms in total. The summed E-state index contributed by atoms with van der Waals surface area (Å²) in [5.74, 6) is 0. The van der Waals surface area contributed by atoms with Crippen molar-refractivity contribution in [3.8, 4) is 0 Å². The van der Waals surface area contributed by atoms with Gasteiger partial charge in [0.2, 0.25) is 0 Å². The Labute approximate surface area is 146 Å². The van der Waals surface area contributed by atoms with E-state index in [2.05, 4.69) is 20.6 Å². The molecule has 1 heterocycles. The van der Waals surface area contributed by atoms with E-state index in [9.17, 15) is 0 Å². The monoisotopic (exact) mass is 342 g/mol. The van der Waals surface area contributed by atoms with Gasteiger partial charge in [-0.3, -0.25) is 9.98 Å². The van der Waals surface area contributed by atoms with Crippen molar-refractivity contribution in [1.82, 2.24) is 0 Å². The van der Waals surface area contributed by atoms with Gasteiger partial charge in [-0.2, -0.15) is 23.8 Å². The standard InChI is InChI=1S/C18H14N4.Fe/c1-2-8-16-15(7-1)19-11-5-13-21-17-9-3-4-10-18(17)22-14-6-12-20-16;/h1-14H;/q-2;+2/b11-5-,12-6-,21-13?,22-14?;. The molecule has 1 aliphatic heterocycles. The van der Waals surface area contributed by atoms with Crippen LogP contribution in [0.25, 0.3) is 10.6 Å². The minimum atomic E-state index is 0. The minimum Gasteiger partial charge on any atom is -0.665 e. The molecule has 0 unspecified atom stereocenters. The van der Waals surface area contributed by atoms with E-state index < -0.39 is 0 Å². The first-order valence-corrected chi connectivity index (χ1v) is 6.92. The Balaban J connectivity index is 0.00000192. The van der Waals surface area contributed by atoms with E-state index in [1.807, 2.05) is 48.5 Å². The van der Waals surface area contributed by atoms with Gasteiger partial charge in [-0.25, -0.2) is 0 Å². The second kappa shape index (κ2) is 8.73. The topological polar surface area (TPSA) is 52.9 Å². The molecule has 0 radical (unpaired) electrons. The van der Waals surface area contributed by atoms with E-state index in [4.69, 9.17) is 0 Å². The second-order valence-corrected chi connectivity index (χ2v) is 4.48.